The van der Waals surface area contributed by atoms with E-state index in [1.54, 1.807) is 7.11 Å². The molecule has 0 fully saturated rings. The van der Waals surface area contributed by atoms with Crippen LogP contribution < -0.4 is 14.8 Å². The Balaban J connectivity index is 1.90. The Hall–Kier alpha value is -1.30. The molecule has 0 saturated heterocycles. The molecule has 17 heavy (non-hydrogen) atoms. The van der Waals surface area contributed by atoms with Crippen LogP contribution in [0, 0.1) is 0 Å². The van der Waals surface area contributed by atoms with E-state index >= 15 is 0 Å². The zero-order valence-corrected chi connectivity index (χ0v) is 9.81. The fourth-order valence-electron chi connectivity index (χ4n) is 1.69. The van der Waals surface area contributed by atoms with Crippen LogP contribution in [0.3, 0.4) is 0 Å². The van der Waals surface area contributed by atoms with Crippen molar-refractivity contribution in [1.82, 2.24) is 5.32 Å². The molecule has 5 heteroatoms. The predicted molar refractivity (Wildman–Crippen MR) is 62.2 cm³/mol. The van der Waals surface area contributed by atoms with Gasteiger partial charge in [0.2, 0.25) is 6.79 Å². The topological polar surface area (TPSA) is 60.0 Å². The molecule has 94 valence electrons. The first-order valence-electron chi connectivity index (χ1n) is 5.55. The van der Waals surface area contributed by atoms with Crippen LogP contribution in [0.4, 0.5) is 0 Å². The third-order valence-electron chi connectivity index (χ3n) is 2.62. The van der Waals surface area contributed by atoms with Gasteiger partial charge in [-0.3, -0.25) is 0 Å². The number of ether oxygens (including phenoxy) is 3. The number of methoxy groups -OCH3 is 1. The number of benzene rings is 1. The second-order valence-electron chi connectivity index (χ2n) is 3.90. The van der Waals surface area contributed by atoms with E-state index in [1.165, 1.54) is 0 Å². The predicted octanol–water partition coefficient (Wildman–Crippen LogP) is 0.512. The first-order chi connectivity index (χ1) is 8.33. The molecule has 5 nitrogen and oxygen atoms in total. The molecule has 0 aromatic heterocycles. The number of fused-ring (bicyclic) bond motifs is 1. The Bertz CT molecular complexity index is 370. The van der Waals surface area contributed by atoms with Gasteiger partial charge in [0, 0.05) is 13.7 Å². The lowest BCUT2D eigenvalue weighted by Gasteiger charge is -2.15. The van der Waals surface area contributed by atoms with E-state index in [9.17, 15) is 0 Å². The van der Waals surface area contributed by atoms with Crippen LogP contribution in [0.1, 0.15) is 5.56 Å². The summed E-state index contributed by atoms with van der Waals surface area (Å²) in [6.45, 7) is 1.49. The molecule has 0 saturated carbocycles. The number of aliphatic hydroxyl groups excluding tert-OH is 1. The van der Waals surface area contributed by atoms with Gasteiger partial charge in [-0.25, -0.2) is 0 Å². The summed E-state index contributed by atoms with van der Waals surface area (Å²) >= 11 is 0. The SMILES string of the molecule is COCC(CO)NCc1ccc2c(c1)OCO2. The number of hydrogen-bond donors (Lipinski definition) is 2. The molecule has 1 aromatic carbocycles. The Morgan fingerprint density at radius 2 is 2.24 bits per heavy atom. The monoisotopic (exact) mass is 239 g/mol. The fraction of sp³-hybridized carbons (Fsp3) is 0.500. The van der Waals surface area contributed by atoms with Crippen molar-refractivity contribution >= 4 is 0 Å². The van der Waals surface area contributed by atoms with Gasteiger partial charge in [-0.05, 0) is 17.7 Å². The largest absolute Gasteiger partial charge is 0.454 e. The Morgan fingerprint density at radius 3 is 3.00 bits per heavy atom. The minimum absolute atomic E-state index is 0.0505. The van der Waals surface area contributed by atoms with Gasteiger partial charge in [0.05, 0.1) is 19.3 Å². The summed E-state index contributed by atoms with van der Waals surface area (Å²) in [5, 5.41) is 12.3. The molecule has 1 aromatic rings. The molecule has 0 aliphatic carbocycles. The molecule has 1 aliphatic heterocycles. The van der Waals surface area contributed by atoms with Crippen LogP contribution in [-0.2, 0) is 11.3 Å². The number of aliphatic hydroxyl groups is 1. The second kappa shape index (κ2) is 5.86. The van der Waals surface area contributed by atoms with Crippen molar-refractivity contribution in [3.63, 3.8) is 0 Å². The van der Waals surface area contributed by atoms with E-state index in [-0.39, 0.29) is 19.4 Å². The van der Waals surface area contributed by atoms with Gasteiger partial charge in [-0.1, -0.05) is 6.07 Å². The number of nitrogens with one attached hydrogen (secondary N) is 1. The molecular weight excluding hydrogens is 222 g/mol. The maximum Gasteiger partial charge on any atom is 0.231 e. The summed E-state index contributed by atoms with van der Waals surface area (Å²) in [6.07, 6.45) is 0. The lowest BCUT2D eigenvalue weighted by molar-refractivity contribution is 0.128. The van der Waals surface area contributed by atoms with Crippen LogP contribution >= 0.6 is 0 Å². The van der Waals surface area contributed by atoms with Crippen LogP contribution in [0.5, 0.6) is 11.5 Å². The summed E-state index contributed by atoms with van der Waals surface area (Å²) < 4.78 is 15.5. The Kier molecular flexibility index (Phi) is 4.19. The van der Waals surface area contributed by atoms with Crippen LogP contribution in [0.15, 0.2) is 18.2 Å². The molecule has 1 aliphatic rings. The molecule has 0 spiro atoms. The minimum atomic E-state index is -0.0505. The molecular formula is C12H17NO4. The minimum Gasteiger partial charge on any atom is -0.454 e. The molecule has 1 unspecified atom stereocenters. The van der Waals surface area contributed by atoms with Crippen molar-refractivity contribution in [2.24, 2.45) is 0 Å². The Labute approximate surface area is 100 Å². The van der Waals surface area contributed by atoms with Gasteiger partial charge in [0.1, 0.15) is 0 Å². The zero-order valence-electron chi connectivity index (χ0n) is 9.81. The van der Waals surface area contributed by atoms with Crippen LogP contribution in [-0.4, -0.2) is 38.3 Å². The summed E-state index contributed by atoms with van der Waals surface area (Å²) in [6, 6.07) is 5.76. The van der Waals surface area contributed by atoms with Crippen LogP contribution in [0.2, 0.25) is 0 Å². The summed E-state index contributed by atoms with van der Waals surface area (Å²) in [4.78, 5) is 0. The van der Waals surface area contributed by atoms with Gasteiger partial charge in [-0.15, -0.1) is 0 Å². The van der Waals surface area contributed by atoms with Crippen molar-refractivity contribution in [2.75, 3.05) is 27.1 Å². The lowest BCUT2D eigenvalue weighted by Crippen LogP contribution is -2.35. The van der Waals surface area contributed by atoms with Crippen molar-refractivity contribution in [1.29, 1.82) is 0 Å². The van der Waals surface area contributed by atoms with Crippen molar-refractivity contribution in [2.45, 2.75) is 12.6 Å². The highest BCUT2D eigenvalue weighted by atomic mass is 16.7. The highest BCUT2D eigenvalue weighted by Crippen LogP contribution is 2.32. The van der Waals surface area contributed by atoms with E-state index < -0.39 is 0 Å². The van der Waals surface area contributed by atoms with Crippen molar-refractivity contribution in [3.05, 3.63) is 23.8 Å². The van der Waals surface area contributed by atoms with E-state index in [0.29, 0.717) is 13.2 Å². The standard InChI is InChI=1S/C12H17NO4/c1-15-7-10(6-14)13-5-9-2-3-11-12(4-9)17-8-16-11/h2-4,10,13-14H,5-8H2,1H3. The smallest absolute Gasteiger partial charge is 0.231 e. The van der Waals surface area contributed by atoms with Gasteiger partial charge in [0.15, 0.2) is 11.5 Å². The van der Waals surface area contributed by atoms with E-state index in [1.807, 2.05) is 18.2 Å². The normalized spacial score (nSPS) is 14.9. The third kappa shape index (κ3) is 3.09. The first-order valence-corrected chi connectivity index (χ1v) is 5.55. The maximum absolute atomic E-state index is 9.10. The maximum atomic E-state index is 9.10. The summed E-state index contributed by atoms with van der Waals surface area (Å²) in [5.74, 6) is 1.56. The summed E-state index contributed by atoms with van der Waals surface area (Å²) in [5.41, 5.74) is 1.09. The molecule has 0 amide bonds. The summed E-state index contributed by atoms with van der Waals surface area (Å²) in [7, 11) is 1.62. The van der Waals surface area contributed by atoms with Gasteiger partial charge >= 0.3 is 0 Å². The average molecular weight is 239 g/mol. The van der Waals surface area contributed by atoms with Gasteiger partial charge < -0.3 is 24.6 Å². The molecule has 0 radical (unpaired) electrons. The zero-order chi connectivity index (χ0) is 12.1. The van der Waals surface area contributed by atoms with Gasteiger partial charge in [0.25, 0.3) is 0 Å². The van der Waals surface area contributed by atoms with E-state index in [2.05, 4.69) is 5.32 Å². The molecule has 0 bridgehead atoms. The highest BCUT2D eigenvalue weighted by Gasteiger charge is 2.13. The molecule has 2 rings (SSSR count). The van der Waals surface area contributed by atoms with E-state index in [4.69, 9.17) is 19.3 Å². The van der Waals surface area contributed by atoms with Crippen molar-refractivity contribution in [3.8, 4) is 11.5 Å². The van der Waals surface area contributed by atoms with Crippen molar-refractivity contribution < 1.29 is 19.3 Å². The first kappa shape index (κ1) is 12.2. The van der Waals surface area contributed by atoms with Crippen LogP contribution in [0.25, 0.3) is 0 Å². The fourth-order valence-corrected chi connectivity index (χ4v) is 1.69. The van der Waals surface area contributed by atoms with E-state index in [0.717, 1.165) is 17.1 Å². The number of rotatable bonds is 6. The molecule has 1 heterocycles. The quantitative estimate of drug-likeness (QED) is 0.757. The van der Waals surface area contributed by atoms with Gasteiger partial charge in [-0.2, -0.15) is 0 Å². The molecule has 2 N–H and O–H groups in total. The highest BCUT2D eigenvalue weighted by molar-refractivity contribution is 5.44. The molecule has 1 atom stereocenters. The number of hydrogen-bond acceptors (Lipinski definition) is 5. The average Bonchev–Trinajstić information content (AvgIpc) is 2.81. The second-order valence-corrected chi connectivity index (χ2v) is 3.90. The lowest BCUT2D eigenvalue weighted by atomic mass is 10.2. The Morgan fingerprint density at radius 1 is 1.41 bits per heavy atom. The third-order valence-corrected chi connectivity index (χ3v) is 2.62.